The number of hydrogen-bond donors (Lipinski definition) is 2. The van der Waals surface area contributed by atoms with Crippen LogP contribution < -0.4 is 15.7 Å². The van der Waals surface area contributed by atoms with Crippen LogP contribution in [0.3, 0.4) is 0 Å². The average molecular weight is 427 g/mol. The van der Waals surface area contributed by atoms with Crippen LogP contribution in [-0.2, 0) is 13.6 Å². The van der Waals surface area contributed by atoms with E-state index in [0.717, 1.165) is 11.1 Å². The number of pyridine rings is 1. The van der Waals surface area contributed by atoms with Crippen LogP contribution in [0, 0.1) is 5.82 Å². The highest BCUT2D eigenvalue weighted by atomic mass is 35.5. The van der Waals surface area contributed by atoms with Gasteiger partial charge in [-0.15, -0.1) is 0 Å². The van der Waals surface area contributed by atoms with Crippen molar-refractivity contribution >= 4 is 28.5 Å². The lowest BCUT2D eigenvalue weighted by Crippen LogP contribution is -2.22. The van der Waals surface area contributed by atoms with E-state index < -0.39 is 5.82 Å². The molecule has 0 saturated carbocycles. The van der Waals surface area contributed by atoms with Crippen molar-refractivity contribution in [2.24, 2.45) is 7.05 Å². The second kappa shape index (κ2) is 8.00. The Morgan fingerprint density at radius 1 is 1.23 bits per heavy atom. The minimum absolute atomic E-state index is 0.0131. The van der Waals surface area contributed by atoms with Crippen LogP contribution in [0.2, 0.25) is 5.02 Å². The lowest BCUT2D eigenvalue weighted by Gasteiger charge is -2.08. The Bertz CT molecular complexity index is 1300. The maximum absolute atomic E-state index is 13.5. The Morgan fingerprint density at radius 2 is 2.07 bits per heavy atom. The number of fused-ring (bicyclic) bond motifs is 1. The zero-order chi connectivity index (χ0) is 21.3. The Kier molecular flexibility index (Phi) is 5.24. The summed E-state index contributed by atoms with van der Waals surface area (Å²) in [7, 11) is 1.66. The molecule has 2 aromatic heterocycles. The molecule has 30 heavy (non-hydrogen) atoms. The zero-order valence-electron chi connectivity index (χ0n) is 15.8. The third-order valence-electron chi connectivity index (χ3n) is 4.53. The number of halogens is 2. The number of benzene rings is 2. The van der Waals surface area contributed by atoms with Gasteiger partial charge in [-0.05, 0) is 35.9 Å². The van der Waals surface area contributed by atoms with Gasteiger partial charge in [-0.1, -0.05) is 17.7 Å². The van der Waals surface area contributed by atoms with E-state index in [2.05, 4.69) is 15.3 Å². The molecule has 152 valence electrons. The van der Waals surface area contributed by atoms with Gasteiger partial charge in [0.25, 0.3) is 5.91 Å². The smallest absolute Gasteiger partial charge is 0.326 e. The Hall–Kier alpha value is -3.65. The van der Waals surface area contributed by atoms with Crippen molar-refractivity contribution in [2.75, 3.05) is 0 Å². The molecule has 0 fully saturated rings. The van der Waals surface area contributed by atoms with Crippen LogP contribution in [0.5, 0.6) is 11.6 Å². The lowest BCUT2D eigenvalue weighted by atomic mass is 10.2. The summed E-state index contributed by atoms with van der Waals surface area (Å²) in [5.41, 5.74) is 2.26. The first-order valence-corrected chi connectivity index (χ1v) is 9.33. The molecule has 0 unspecified atom stereocenters. The van der Waals surface area contributed by atoms with Crippen LogP contribution >= 0.6 is 11.6 Å². The first-order valence-electron chi connectivity index (χ1n) is 8.95. The van der Waals surface area contributed by atoms with E-state index in [1.165, 1.54) is 22.8 Å². The molecule has 4 rings (SSSR count). The minimum atomic E-state index is -0.578. The van der Waals surface area contributed by atoms with Gasteiger partial charge in [0.1, 0.15) is 11.6 Å². The number of carbonyl (C=O) groups excluding carboxylic acids is 1. The van der Waals surface area contributed by atoms with Gasteiger partial charge < -0.3 is 15.0 Å². The summed E-state index contributed by atoms with van der Waals surface area (Å²) in [5, 5.41) is 2.81. The summed E-state index contributed by atoms with van der Waals surface area (Å²) >= 11 is 5.65. The average Bonchev–Trinajstić information content (AvgIpc) is 3.03. The predicted octanol–water partition coefficient (Wildman–Crippen LogP) is 3.78. The molecule has 9 heteroatoms. The number of nitrogens with one attached hydrogen (secondary N) is 2. The molecule has 0 atom stereocenters. The van der Waals surface area contributed by atoms with Gasteiger partial charge in [-0.25, -0.2) is 14.2 Å². The summed E-state index contributed by atoms with van der Waals surface area (Å²) in [5.74, 6) is -0.296. The lowest BCUT2D eigenvalue weighted by molar-refractivity contribution is 0.0951. The molecule has 0 aliphatic carbocycles. The third kappa shape index (κ3) is 4.04. The number of rotatable bonds is 5. The van der Waals surface area contributed by atoms with Crippen molar-refractivity contribution in [1.29, 1.82) is 0 Å². The van der Waals surface area contributed by atoms with Crippen molar-refractivity contribution in [3.8, 4) is 11.6 Å². The first-order chi connectivity index (χ1) is 14.4. The number of aryl methyl sites for hydroxylation is 1. The molecular weight excluding hydrogens is 411 g/mol. The fraction of sp³-hybridized carbons (Fsp3) is 0.0952. The highest BCUT2D eigenvalue weighted by molar-refractivity contribution is 6.30. The minimum Gasteiger partial charge on any atom is -0.439 e. The van der Waals surface area contributed by atoms with Crippen molar-refractivity contribution < 1.29 is 13.9 Å². The van der Waals surface area contributed by atoms with Crippen molar-refractivity contribution in [3.63, 3.8) is 0 Å². The van der Waals surface area contributed by atoms with Crippen LogP contribution in [-0.4, -0.2) is 20.4 Å². The van der Waals surface area contributed by atoms with Crippen LogP contribution in [0.4, 0.5) is 4.39 Å². The number of hydrogen-bond acceptors (Lipinski definition) is 4. The molecule has 1 amide bonds. The van der Waals surface area contributed by atoms with Gasteiger partial charge in [-0.2, -0.15) is 0 Å². The number of carbonyl (C=O) groups is 1. The molecular formula is C21H16ClFN4O3. The first kappa shape index (κ1) is 19.7. The molecule has 0 spiro atoms. The summed E-state index contributed by atoms with van der Waals surface area (Å²) in [6.45, 7) is 0.255. The van der Waals surface area contributed by atoms with Gasteiger partial charge in [-0.3, -0.25) is 9.36 Å². The fourth-order valence-corrected chi connectivity index (χ4v) is 3.02. The van der Waals surface area contributed by atoms with Gasteiger partial charge in [0.05, 0.1) is 16.1 Å². The molecule has 7 nitrogen and oxygen atoms in total. The molecule has 2 heterocycles. The van der Waals surface area contributed by atoms with Gasteiger partial charge in [0, 0.05) is 37.5 Å². The van der Waals surface area contributed by atoms with E-state index in [-0.39, 0.29) is 34.8 Å². The second-order valence-corrected chi connectivity index (χ2v) is 6.99. The number of ether oxygens (including phenoxy) is 1. The number of H-pyrrole nitrogens is 1. The summed E-state index contributed by atoms with van der Waals surface area (Å²) in [4.78, 5) is 30.9. The molecule has 0 aliphatic rings. The molecule has 0 saturated heterocycles. The van der Waals surface area contributed by atoms with Crippen molar-refractivity contribution in [2.45, 2.75) is 6.54 Å². The standard InChI is InChI=1S/C21H16ClFN4O3/c1-27-18-6-3-13(8-17(18)26-21(27)29)20(28)25-11-12-2-7-19(24-10-12)30-14-4-5-15(22)16(23)9-14/h2-10H,11H2,1H3,(H,25,28)(H,26,29). The molecule has 2 aromatic carbocycles. The Morgan fingerprint density at radius 3 is 2.80 bits per heavy atom. The van der Waals surface area contributed by atoms with E-state index >= 15 is 0 Å². The van der Waals surface area contributed by atoms with E-state index in [1.807, 2.05) is 0 Å². The number of nitrogens with zero attached hydrogens (tertiary/aromatic N) is 2. The molecule has 0 bridgehead atoms. The summed E-state index contributed by atoms with van der Waals surface area (Å²) in [6.07, 6.45) is 1.56. The predicted molar refractivity (Wildman–Crippen MR) is 110 cm³/mol. The van der Waals surface area contributed by atoms with Crippen molar-refractivity contribution in [3.05, 3.63) is 87.2 Å². The number of aromatic nitrogens is 3. The monoisotopic (exact) mass is 426 g/mol. The number of aromatic amines is 1. The quantitative estimate of drug-likeness (QED) is 0.508. The molecule has 0 radical (unpaired) electrons. The highest BCUT2D eigenvalue weighted by Gasteiger charge is 2.10. The van der Waals surface area contributed by atoms with E-state index in [4.69, 9.17) is 16.3 Å². The van der Waals surface area contributed by atoms with E-state index in [9.17, 15) is 14.0 Å². The maximum atomic E-state index is 13.5. The number of imidazole rings is 1. The SMILES string of the molecule is Cn1c(=O)[nH]c2cc(C(=O)NCc3ccc(Oc4ccc(Cl)c(F)c4)nc3)ccc21. The second-order valence-electron chi connectivity index (χ2n) is 6.59. The normalized spacial score (nSPS) is 10.9. The molecule has 2 N–H and O–H groups in total. The molecule has 4 aromatic rings. The van der Waals surface area contributed by atoms with E-state index in [0.29, 0.717) is 11.1 Å². The number of amides is 1. The summed E-state index contributed by atoms with van der Waals surface area (Å²) in [6, 6.07) is 12.5. The third-order valence-corrected chi connectivity index (χ3v) is 4.84. The fourth-order valence-electron chi connectivity index (χ4n) is 2.90. The Balaban J connectivity index is 1.39. The Labute approximate surface area is 175 Å². The van der Waals surface area contributed by atoms with Crippen LogP contribution in [0.15, 0.2) is 59.5 Å². The van der Waals surface area contributed by atoms with Crippen LogP contribution in [0.25, 0.3) is 11.0 Å². The highest BCUT2D eigenvalue weighted by Crippen LogP contribution is 2.24. The van der Waals surface area contributed by atoms with E-state index in [1.54, 1.807) is 43.6 Å². The van der Waals surface area contributed by atoms with Gasteiger partial charge in [0.2, 0.25) is 5.88 Å². The van der Waals surface area contributed by atoms with Gasteiger partial charge in [0.15, 0.2) is 0 Å². The van der Waals surface area contributed by atoms with Crippen molar-refractivity contribution in [1.82, 2.24) is 19.9 Å². The topological polar surface area (TPSA) is 89.0 Å². The summed E-state index contributed by atoms with van der Waals surface area (Å²) < 4.78 is 20.4. The maximum Gasteiger partial charge on any atom is 0.326 e. The zero-order valence-corrected chi connectivity index (χ0v) is 16.5. The van der Waals surface area contributed by atoms with Crippen LogP contribution in [0.1, 0.15) is 15.9 Å². The largest absolute Gasteiger partial charge is 0.439 e. The molecule has 0 aliphatic heterocycles. The van der Waals surface area contributed by atoms with Gasteiger partial charge >= 0.3 is 5.69 Å².